The van der Waals surface area contributed by atoms with Crippen molar-refractivity contribution in [2.75, 3.05) is 39.6 Å². The first-order valence-corrected chi connectivity index (χ1v) is 6.34. The number of halogens is 1. The minimum absolute atomic E-state index is 0. The second kappa shape index (κ2) is 6.43. The van der Waals surface area contributed by atoms with Crippen LogP contribution in [0.1, 0.15) is 11.6 Å². The molecule has 2 heterocycles. The summed E-state index contributed by atoms with van der Waals surface area (Å²) in [6, 6.07) is 5.85. The number of hydrogen-bond donors (Lipinski definition) is 2. The molecule has 0 aliphatic carbocycles. The van der Waals surface area contributed by atoms with Gasteiger partial charge in [-0.3, -0.25) is 4.90 Å². The quantitative estimate of drug-likeness (QED) is 0.860. The number of aliphatic hydroxyl groups excluding tert-OH is 1. The molecule has 2 aliphatic rings. The maximum absolute atomic E-state index is 9.70. The van der Waals surface area contributed by atoms with Gasteiger partial charge in [0.2, 0.25) is 6.79 Å². The van der Waals surface area contributed by atoms with E-state index in [1.807, 2.05) is 18.2 Å². The predicted molar refractivity (Wildman–Crippen MR) is 74.1 cm³/mol. The van der Waals surface area contributed by atoms with Crippen LogP contribution in [0, 0.1) is 0 Å². The number of benzene rings is 1. The van der Waals surface area contributed by atoms with Gasteiger partial charge in [0.25, 0.3) is 0 Å². The van der Waals surface area contributed by atoms with E-state index in [-0.39, 0.29) is 31.8 Å². The van der Waals surface area contributed by atoms with Crippen LogP contribution in [0.15, 0.2) is 18.2 Å². The molecule has 0 aromatic heterocycles. The highest BCUT2D eigenvalue weighted by molar-refractivity contribution is 5.85. The van der Waals surface area contributed by atoms with Crippen LogP contribution in [0.5, 0.6) is 11.5 Å². The Balaban J connectivity index is 0.00000133. The van der Waals surface area contributed by atoms with Crippen LogP contribution in [-0.2, 0) is 0 Å². The summed E-state index contributed by atoms with van der Waals surface area (Å²) in [6.07, 6.45) is 0. The fraction of sp³-hybridized carbons (Fsp3) is 0.538. The standard InChI is InChI=1S/C13H18N2O3.ClH/c16-8-11(15-6-4-14-5-7-15)10-2-1-3-12-13(10)18-9-17-12;/h1-3,11,14,16H,4-9H2;1H/t11-;/m1./s1. The summed E-state index contributed by atoms with van der Waals surface area (Å²) < 4.78 is 10.9. The first kappa shape index (κ1) is 14.4. The smallest absolute Gasteiger partial charge is 0.231 e. The van der Waals surface area contributed by atoms with Crippen molar-refractivity contribution < 1.29 is 14.6 Å². The molecule has 1 aromatic carbocycles. The molecule has 2 N–H and O–H groups in total. The Bertz CT molecular complexity index is 424. The van der Waals surface area contributed by atoms with Gasteiger partial charge in [-0.1, -0.05) is 12.1 Å². The van der Waals surface area contributed by atoms with Gasteiger partial charge in [0.1, 0.15) is 0 Å². The summed E-state index contributed by atoms with van der Waals surface area (Å²) in [6.45, 7) is 4.17. The summed E-state index contributed by atoms with van der Waals surface area (Å²) in [7, 11) is 0. The Kier molecular flexibility index (Phi) is 4.87. The predicted octanol–water partition coefficient (Wildman–Crippen LogP) is 0.776. The van der Waals surface area contributed by atoms with Crippen molar-refractivity contribution in [1.82, 2.24) is 10.2 Å². The van der Waals surface area contributed by atoms with E-state index in [4.69, 9.17) is 9.47 Å². The van der Waals surface area contributed by atoms with Crippen molar-refractivity contribution in [2.45, 2.75) is 6.04 Å². The average molecular weight is 287 g/mol. The Morgan fingerprint density at radius 2 is 2.05 bits per heavy atom. The molecule has 2 aliphatic heterocycles. The first-order valence-electron chi connectivity index (χ1n) is 6.34. The molecule has 106 valence electrons. The van der Waals surface area contributed by atoms with Crippen molar-refractivity contribution >= 4 is 12.4 Å². The number of nitrogens with one attached hydrogen (secondary N) is 1. The van der Waals surface area contributed by atoms with Gasteiger partial charge in [-0.25, -0.2) is 0 Å². The molecule has 1 saturated heterocycles. The first-order chi connectivity index (χ1) is 8.90. The molecule has 0 amide bonds. The molecule has 3 rings (SSSR count). The third-order valence-electron chi connectivity index (χ3n) is 3.55. The zero-order valence-electron chi connectivity index (χ0n) is 10.7. The summed E-state index contributed by atoms with van der Waals surface area (Å²) in [5.41, 5.74) is 1.02. The topological polar surface area (TPSA) is 54.0 Å². The number of hydrogen-bond acceptors (Lipinski definition) is 5. The van der Waals surface area contributed by atoms with E-state index in [2.05, 4.69) is 10.2 Å². The van der Waals surface area contributed by atoms with E-state index in [1.54, 1.807) is 0 Å². The third-order valence-corrected chi connectivity index (χ3v) is 3.55. The number of nitrogens with zero attached hydrogens (tertiary/aromatic N) is 1. The lowest BCUT2D eigenvalue weighted by Crippen LogP contribution is -2.46. The van der Waals surface area contributed by atoms with Crippen LogP contribution in [0.25, 0.3) is 0 Å². The monoisotopic (exact) mass is 286 g/mol. The van der Waals surface area contributed by atoms with Crippen molar-refractivity contribution in [3.63, 3.8) is 0 Å². The van der Waals surface area contributed by atoms with Gasteiger partial charge in [0.05, 0.1) is 12.6 Å². The van der Waals surface area contributed by atoms with Gasteiger partial charge >= 0.3 is 0 Å². The highest BCUT2D eigenvalue weighted by Crippen LogP contribution is 2.39. The fourth-order valence-corrected chi connectivity index (χ4v) is 2.62. The Hall–Kier alpha value is -1.01. The van der Waals surface area contributed by atoms with E-state index in [0.717, 1.165) is 43.2 Å². The normalized spacial score (nSPS) is 19.8. The second-order valence-electron chi connectivity index (χ2n) is 4.57. The van der Waals surface area contributed by atoms with Crippen molar-refractivity contribution in [1.29, 1.82) is 0 Å². The molecule has 6 heteroatoms. The number of ether oxygens (including phenoxy) is 2. The van der Waals surface area contributed by atoms with E-state index < -0.39 is 0 Å². The molecule has 0 unspecified atom stereocenters. The van der Waals surface area contributed by atoms with Gasteiger partial charge in [0.15, 0.2) is 11.5 Å². The van der Waals surface area contributed by atoms with Crippen LogP contribution in [0.4, 0.5) is 0 Å². The molecular formula is C13H19ClN2O3. The maximum atomic E-state index is 9.70. The van der Waals surface area contributed by atoms with Gasteiger partial charge < -0.3 is 19.9 Å². The number of piperazine rings is 1. The summed E-state index contributed by atoms with van der Waals surface area (Å²) in [5, 5.41) is 13.0. The molecule has 0 saturated carbocycles. The SMILES string of the molecule is Cl.OC[C@H](c1cccc2c1OCO2)N1CCNCC1. The van der Waals surface area contributed by atoms with Gasteiger partial charge in [0, 0.05) is 31.7 Å². The molecule has 0 bridgehead atoms. The number of rotatable bonds is 3. The van der Waals surface area contributed by atoms with Crippen molar-refractivity contribution in [2.24, 2.45) is 0 Å². The summed E-state index contributed by atoms with van der Waals surface area (Å²) in [4.78, 5) is 2.29. The Labute approximate surface area is 118 Å². The Morgan fingerprint density at radius 3 is 2.79 bits per heavy atom. The number of para-hydroxylation sites is 1. The molecule has 5 nitrogen and oxygen atoms in total. The maximum Gasteiger partial charge on any atom is 0.231 e. The Morgan fingerprint density at radius 1 is 1.26 bits per heavy atom. The average Bonchev–Trinajstić information content (AvgIpc) is 2.90. The van der Waals surface area contributed by atoms with Gasteiger partial charge in [-0.05, 0) is 6.07 Å². The van der Waals surface area contributed by atoms with Crippen molar-refractivity contribution in [3.8, 4) is 11.5 Å². The summed E-state index contributed by atoms with van der Waals surface area (Å²) >= 11 is 0. The van der Waals surface area contributed by atoms with E-state index in [0.29, 0.717) is 0 Å². The van der Waals surface area contributed by atoms with Crippen LogP contribution in [0.3, 0.4) is 0 Å². The lowest BCUT2D eigenvalue weighted by molar-refractivity contribution is 0.107. The van der Waals surface area contributed by atoms with Gasteiger partial charge in [-0.15, -0.1) is 12.4 Å². The minimum atomic E-state index is -0.0104. The molecule has 19 heavy (non-hydrogen) atoms. The lowest BCUT2D eigenvalue weighted by Gasteiger charge is -2.34. The van der Waals surface area contributed by atoms with E-state index >= 15 is 0 Å². The molecule has 0 spiro atoms. The molecule has 1 atom stereocenters. The molecule has 0 radical (unpaired) electrons. The zero-order valence-corrected chi connectivity index (χ0v) is 11.5. The number of fused-ring (bicyclic) bond motifs is 1. The van der Waals surface area contributed by atoms with Gasteiger partial charge in [-0.2, -0.15) is 0 Å². The molecule has 1 fully saturated rings. The van der Waals surface area contributed by atoms with Crippen LogP contribution in [-0.4, -0.2) is 49.6 Å². The third kappa shape index (κ3) is 2.79. The minimum Gasteiger partial charge on any atom is -0.454 e. The second-order valence-corrected chi connectivity index (χ2v) is 4.57. The fourth-order valence-electron chi connectivity index (χ4n) is 2.62. The zero-order chi connectivity index (χ0) is 12.4. The van der Waals surface area contributed by atoms with Crippen molar-refractivity contribution in [3.05, 3.63) is 23.8 Å². The highest BCUT2D eigenvalue weighted by atomic mass is 35.5. The van der Waals surface area contributed by atoms with E-state index in [9.17, 15) is 5.11 Å². The largest absolute Gasteiger partial charge is 0.454 e. The summed E-state index contributed by atoms with van der Waals surface area (Å²) in [5.74, 6) is 1.57. The lowest BCUT2D eigenvalue weighted by atomic mass is 10.0. The molecule has 1 aromatic rings. The van der Waals surface area contributed by atoms with Crippen LogP contribution in [0.2, 0.25) is 0 Å². The van der Waals surface area contributed by atoms with Crippen LogP contribution >= 0.6 is 12.4 Å². The highest BCUT2D eigenvalue weighted by Gasteiger charge is 2.27. The van der Waals surface area contributed by atoms with Crippen LogP contribution < -0.4 is 14.8 Å². The number of aliphatic hydroxyl groups is 1. The van der Waals surface area contributed by atoms with E-state index in [1.165, 1.54) is 0 Å². The molecular weight excluding hydrogens is 268 g/mol.